The van der Waals surface area contributed by atoms with Crippen LogP contribution in [0.15, 0.2) is 0 Å². The number of hydrogen-bond donors (Lipinski definition) is 7. The number of hydrogen-bond acceptors (Lipinski definition) is 4. The first-order chi connectivity index (χ1) is 5.65. The third kappa shape index (κ3) is 36.9. The van der Waals surface area contributed by atoms with Crippen LogP contribution >= 0.6 is 7.82 Å². The van der Waals surface area contributed by atoms with Crippen LogP contribution in [0.4, 0.5) is 4.79 Å². The summed E-state index contributed by atoms with van der Waals surface area (Å²) in [6.07, 6.45) is 0. The molecule has 2 amide bonds. The van der Waals surface area contributed by atoms with Gasteiger partial charge in [0.05, 0.1) is 0 Å². The maximum atomic E-state index is 9.74. The average Bonchev–Trinajstić information content (AvgIpc) is 1.80. The summed E-state index contributed by atoms with van der Waals surface area (Å²) in [5.74, 6) is -0.333. The zero-order valence-electron chi connectivity index (χ0n) is 6.30. The lowest BCUT2D eigenvalue weighted by Gasteiger charge is -2.01. The molecule has 0 aliphatic rings. The van der Waals surface area contributed by atoms with E-state index in [2.05, 4.69) is 21.8 Å². The normalized spacial score (nSPS) is 9.38. The van der Waals surface area contributed by atoms with Crippen LogP contribution in [0.2, 0.25) is 0 Å². The number of carbonyl (C=O) groups excluding carboxylic acids is 1. The van der Waals surface area contributed by atoms with Gasteiger partial charge < -0.3 is 27.0 Å². The number of primary amides is 1. The fourth-order valence-electron chi connectivity index (χ4n) is 0.104. The molecule has 0 aliphatic carbocycles. The van der Waals surface area contributed by atoms with Gasteiger partial charge in [-0.25, -0.2) is 14.8 Å². The molecule has 0 aromatic heterocycles. The minimum absolute atomic E-state index is 0.333. The molecule has 0 spiro atoms. The Morgan fingerprint density at radius 1 is 1.38 bits per heavy atom. The predicted molar refractivity (Wildman–Crippen MR) is 41.9 cm³/mol. The van der Waals surface area contributed by atoms with Crippen LogP contribution in [0.5, 0.6) is 0 Å². The van der Waals surface area contributed by atoms with Crippen molar-refractivity contribution in [3.8, 4) is 0 Å². The SMILES string of the molecule is N=C(N)N.NC(=O)NOP(=O)(O)O. The van der Waals surface area contributed by atoms with Gasteiger partial charge in [0, 0.05) is 0 Å². The highest BCUT2D eigenvalue weighted by Gasteiger charge is 2.14. The van der Waals surface area contributed by atoms with Crippen molar-refractivity contribution in [2.75, 3.05) is 0 Å². The first kappa shape index (κ1) is 14.2. The van der Waals surface area contributed by atoms with E-state index in [1.165, 1.54) is 5.48 Å². The van der Waals surface area contributed by atoms with Crippen molar-refractivity contribution < 1.29 is 23.8 Å². The van der Waals surface area contributed by atoms with Crippen molar-refractivity contribution in [3.05, 3.63) is 0 Å². The Labute approximate surface area is 72.7 Å². The molecule has 11 heteroatoms. The van der Waals surface area contributed by atoms with Gasteiger partial charge in [-0.1, -0.05) is 0 Å². The summed E-state index contributed by atoms with van der Waals surface area (Å²) in [6, 6.07) is -1.17. The van der Waals surface area contributed by atoms with Gasteiger partial charge >= 0.3 is 13.9 Å². The third-order valence-corrected chi connectivity index (χ3v) is 0.594. The Hall–Kier alpha value is -1.35. The molecule has 0 heterocycles. The number of guanidine groups is 1. The standard InChI is InChI=1S/CH5N3.CH5N2O5P/c2-1(3)4;2-1(4)3-8-9(5,6)7/h(H5,2,3,4);(H3,2,3,4)(H2,5,6,7). The topological polar surface area (TPSA) is 198 Å². The van der Waals surface area contributed by atoms with Crippen molar-refractivity contribution in [2.45, 2.75) is 0 Å². The van der Waals surface area contributed by atoms with Crippen molar-refractivity contribution >= 4 is 19.8 Å². The molecular formula is C2H10N5O5P. The van der Waals surface area contributed by atoms with Crippen LogP contribution in [0.1, 0.15) is 0 Å². The highest BCUT2D eigenvalue weighted by atomic mass is 31.2. The quantitative estimate of drug-likeness (QED) is 0.114. The van der Waals surface area contributed by atoms with Gasteiger partial charge in [0.2, 0.25) is 0 Å². The Kier molecular flexibility index (Phi) is 6.76. The molecule has 0 aromatic carbocycles. The molecular weight excluding hydrogens is 205 g/mol. The van der Waals surface area contributed by atoms with E-state index in [-0.39, 0.29) is 5.96 Å². The van der Waals surface area contributed by atoms with E-state index in [1.54, 1.807) is 0 Å². The highest BCUT2D eigenvalue weighted by molar-refractivity contribution is 7.46. The first-order valence-electron chi connectivity index (χ1n) is 2.54. The Bertz CT molecular complexity index is 219. The van der Waals surface area contributed by atoms with E-state index in [0.29, 0.717) is 0 Å². The van der Waals surface area contributed by atoms with Crippen LogP contribution in [-0.4, -0.2) is 21.8 Å². The molecule has 10 nitrogen and oxygen atoms in total. The molecule has 0 radical (unpaired) electrons. The summed E-state index contributed by atoms with van der Waals surface area (Å²) >= 11 is 0. The van der Waals surface area contributed by atoms with Crippen LogP contribution in [0, 0.1) is 5.41 Å². The van der Waals surface area contributed by atoms with Crippen LogP contribution in [0.3, 0.4) is 0 Å². The summed E-state index contributed by atoms with van der Waals surface area (Å²) in [5.41, 5.74) is 14.6. The summed E-state index contributed by atoms with van der Waals surface area (Å²) < 4.78 is 13.2. The lowest BCUT2D eigenvalue weighted by atomic mass is 11.1. The van der Waals surface area contributed by atoms with Crippen molar-refractivity contribution in [3.63, 3.8) is 0 Å². The molecule has 0 atom stereocenters. The van der Waals surface area contributed by atoms with Gasteiger partial charge in [-0.15, -0.1) is 0 Å². The summed E-state index contributed by atoms with van der Waals surface area (Å²) in [5, 5.41) is 6.06. The predicted octanol–water partition coefficient (Wildman–Crippen LogP) is -2.48. The Morgan fingerprint density at radius 3 is 1.77 bits per heavy atom. The second-order valence-corrected chi connectivity index (χ2v) is 2.67. The second kappa shape index (κ2) is 6.20. The van der Waals surface area contributed by atoms with Gasteiger partial charge in [0.1, 0.15) is 0 Å². The van der Waals surface area contributed by atoms with E-state index in [4.69, 9.17) is 15.2 Å². The lowest BCUT2D eigenvalue weighted by molar-refractivity contribution is 0.135. The first-order valence-corrected chi connectivity index (χ1v) is 4.07. The third-order valence-electron chi connectivity index (χ3n) is 0.265. The molecule has 0 unspecified atom stereocenters. The van der Waals surface area contributed by atoms with Crippen LogP contribution < -0.4 is 22.7 Å². The molecule has 0 aromatic rings. The van der Waals surface area contributed by atoms with E-state index in [9.17, 15) is 9.36 Å². The fourth-order valence-corrected chi connectivity index (χ4v) is 0.313. The Morgan fingerprint density at radius 2 is 1.69 bits per heavy atom. The number of rotatable bonds is 2. The number of nitrogens with one attached hydrogen (secondary N) is 2. The number of urea groups is 1. The molecule has 0 saturated heterocycles. The minimum atomic E-state index is -4.63. The van der Waals surface area contributed by atoms with Gasteiger partial charge in [-0.05, 0) is 0 Å². The monoisotopic (exact) mass is 215 g/mol. The lowest BCUT2D eigenvalue weighted by Crippen LogP contribution is -2.28. The molecule has 0 rings (SSSR count). The molecule has 10 N–H and O–H groups in total. The highest BCUT2D eigenvalue weighted by Crippen LogP contribution is 2.33. The minimum Gasteiger partial charge on any atom is -0.370 e. The maximum Gasteiger partial charge on any atom is 0.491 e. The van der Waals surface area contributed by atoms with Crippen molar-refractivity contribution in [1.29, 1.82) is 5.41 Å². The van der Waals surface area contributed by atoms with Crippen LogP contribution in [-0.2, 0) is 9.19 Å². The molecule has 0 bridgehead atoms. The largest absolute Gasteiger partial charge is 0.491 e. The van der Waals surface area contributed by atoms with Gasteiger partial charge in [0.25, 0.3) is 0 Å². The fraction of sp³-hybridized carbons (Fsp3) is 0. The molecule has 13 heavy (non-hydrogen) atoms. The zero-order chi connectivity index (χ0) is 11.1. The summed E-state index contributed by atoms with van der Waals surface area (Å²) in [6.45, 7) is 0. The number of phosphoric acid groups is 1. The zero-order valence-corrected chi connectivity index (χ0v) is 7.19. The number of carbonyl (C=O) groups is 1. The second-order valence-electron chi connectivity index (χ2n) is 1.50. The van der Waals surface area contributed by atoms with E-state index >= 15 is 0 Å². The molecule has 0 fully saturated rings. The van der Waals surface area contributed by atoms with Gasteiger partial charge in [-0.2, -0.15) is 4.62 Å². The number of amides is 2. The van der Waals surface area contributed by atoms with Gasteiger partial charge in [0.15, 0.2) is 5.96 Å². The average molecular weight is 215 g/mol. The smallest absolute Gasteiger partial charge is 0.370 e. The van der Waals surface area contributed by atoms with E-state index in [1.807, 2.05) is 0 Å². The molecule has 0 saturated carbocycles. The van der Waals surface area contributed by atoms with E-state index < -0.39 is 13.9 Å². The van der Waals surface area contributed by atoms with Crippen molar-refractivity contribution in [2.24, 2.45) is 17.2 Å². The number of nitrogens with two attached hydrogens (primary N) is 3. The summed E-state index contributed by atoms with van der Waals surface area (Å²) in [4.78, 5) is 25.5. The molecule has 0 aliphatic heterocycles. The number of hydroxylamine groups is 1. The van der Waals surface area contributed by atoms with Gasteiger partial charge in [-0.3, -0.25) is 5.41 Å². The van der Waals surface area contributed by atoms with E-state index in [0.717, 1.165) is 0 Å². The maximum absolute atomic E-state index is 9.74. The van der Waals surface area contributed by atoms with Crippen LogP contribution in [0.25, 0.3) is 0 Å². The summed E-state index contributed by atoms with van der Waals surface area (Å²) in [7, 11) is -4.63. The molecule has 78 valence electrons. The van der Waals surface area contributed by atoms with Crippen molar-refractivity contribution in [1.82, 2.24) is 5.48 Å². The Balaban J connectivity index is 0.